The van der Waals surface area contributed by atoms with E-state index in [0.717, 1.165) is 36.8 Å². The molecule has 3 aliphatic rings. The van der Waals surface area contributed by atoms with Crippen LogP contribution in [0.25, 0.3) is 6.08 Å². The van der Waals surface area contributed by atoms with Crippen LogP contribution in [-0.2, 0) is 14.2 Å². The fraction of sp³-hybridized carbons (Fsp3) is 0.538. The van der Waals surface area contributed by atoms with Crippen molar-refractivity contribution < 1.29 is 24.4 Å². The quantitative estimate of drug-likeness (QED) is 0.369. The Bertz CT molecular complexity index is 987. The fourth-order valence-corrected chi connectivity index (χ4v) is 5.96. The number of phenols is 1. The van der Waals surface area contributed by atoms with Gasteiger partial charge in [-0.1, -0.05) is 55.7 Å². The summed E-state index contributed by atoms with van der Waals surface area (Å²) in [5, 5.41) is 20.7. The topological polar surface area (TPSA) is 87.1 Å². The number of amides is 2. The van der Waals surface area contributed by atoms with Gasteiger partial charge in [0.1, 0.15) is 5.75 Å². The molecule has 6 nitrogen and oxygen atoms in total. The minimum Gasteiger partial charge on any atom is -0.507 e. The number of carbonyl (C=O) groups is 2. The standard InChI is InChI=1S/C26H34BNO5/c1-4-8-18-14-19-24(26(31)28(3)25(19)30)20-15-27(32)33-22(23(18)20)12-11-16(5-2)13-17-9-6-7-10-21(17)29/h6-7,9-10,13,19-20,22,24,29,32H,4-5,8,11-12,14-15H2,1-3H3/b16-13+/t19-,20+,22-,24-/m1/s1. The molecule has 2 saturated heterocycles. The second-order valence-electron chi connectivity index (χ2n) is 9.56. The van der Waals surface area contributed by atoms with Gasteiger partial charge in [-0.15, -0.1) is 0 Å². The third kappa shape index (κ3) is 4.53. The van der Waals surface area contributed by atoms with Gasteiger partial charge in [0, 0.05) is 12.6 Å². The van der Waals surface area contributed by atoms with E-state index in [1.54, 1.807) is 19.2 Å². The Morgan fingerprint density at radius 2 is 1.97 bits per heavy atom. The maximum absolute atomic E-state index is 13.0. The van der Waals surface area contributed by atoms with Gasteiger partial charge in [-0.3, -0.25) is 14.5 Å². The zero-order valence-corrected chi connectivity index (χ0v) is 19.8. The Morgan fingerprint density at radius 3 is 2.67 bits per heavy atom. The highest BCUT2D eigenvalue weighted by molar-refractivity contribution is 6.43. The Kier molecular flexibility index (Phi) is 7.10. The number of nitrogens with zero attached hydrogens (tertiary/aromatic N) is 1. The molecule has 176 valence electrons. The maximum Gasteiger partial charge on any atom is 0.455 e. The monoisotopic (exact) mass is 451 g/mol. The zero-order chi connectivity index (χ0) is 23.7. The van der Waals surface area contributed by atoms with E-state index in [4.69, 9.17) is 4.65 Å². The van der Waals surface area contributed by atoms with E-state index >= 15 is 0 Å². The summed E-state index contributed by atoms with van der Waals surface area (Å²) >= 11 is 0. The number of para-hydroxylation sites is 1. The second kappa shape index (κ2) is 9.86. The lowest BCUT2D eigenvalue weighted by Gasteiger charge is -2.43. The smallest absolute Gasteiger partial charge is 0.455 e. The van der Waals surface area contributed by atoms with Gasteiger partial charge in [-0.05, 0) is 56.0 Å². The van der Waals surface area contributed by atoms with Crippen molar-refractivity contribution in [3.8, 4) is 5.75 Å². The van der Waals surface area contributed by atoms with Crippen LogP contribution in [0, 0.1) is 17.8 Å². The first kappa shape index (κ1) is 23.8. The molecule has 33 heavy (non-hydrogen) atoms. The minimum atomic E-state index is -0.939. The van der Waals surface area contributed by atoms with Gasteiger partial charge >= 0.3 is 7.12 Å². The molecule has 1 aliphatic carbocycles. The van der Waals surface area contributed by atoms with Crippen LogP contribution in [0.1, 0.15) is 57.9 Å². The summed E-state index contributed by atoms with van der Waals surface area (Å²) in [6, 6.07) is 7.28. The van der Waals surface area contributed by atoms with E-state index < -0.39 is 7.12 Å². The van der Waals surface area contributed by atoms with Crippen LogP contribution < -0.4 is 0 Å². The first-order chi connectivity index (χ1) is 15.8. The van der Waals surface area contributed by atoms with Gasteiger partial charge in [0.25, 0.3) is 0 Å². The molecular formula is C26H34BNO5. The molecule has 4 atom stereocenters. The number of likely N-dealkylation sites (tertiary alicyclic amines) is 1. The van der Waals surface area contributed by atoms with Gasteiger partial charge in [0.05, 0.1) is 17.9 Å². The Balaban J connectivity index is 1.62. The second-order valence-corrected chi connectivity index (χ2v) is 9.56. The van der Waals surface area contributed by atoms with Crippen LogP contribution in [0.2, 0.25) is 6.32 Å². The number of aromatic hydroxyl groups is 1. The third-order valence-electron chi connectivity index (χ3n) is 7.56. The highest BCUT2D eigenvalue weighted by Gasteiger charge is 2.56. The molecule has 0 radical (unpaired) electrons. The lowest BCUT2D eigenvalue weighted by molar-refractivity contribution is -0.138. The molecule has 1 aromatic carbocycles. The van der Waals surface area contributed by atoms with E-state index in [1.807, 2.05) is 18.2 Å². The summed E-state index contributed by atoms with van der Waals surface area (Å²) in [4.78, 5) is 27.0. The van der Waals surface area contributed by atoms with Crippen molar-refractivity contribution >= 4 is 25.0 Å². The summed E-state index contributed by atoms with van der Waals surface area (Å²) in [6.07, 6.45) is 6.88. The Labute approximate surface area is 196 Å². The lowest BCUT2D eigenvalue weighted by atomic mass is 9.58. The van der Waals surface area contributed by atoms with Gasteiger partial charge < -0.3 is 14.8 Å². The van der Waals surface area contributed by atoms with Crippen LogP contribution in [0.4, 0.5) is 0 Å². The predicted octanol–water partition coefficient (Wildman–Crippen LogP) is 4.19. The van der Waals surface area contributed by atoms with Gasteiger partial charge in [0.2, 0.25) is 11.8 Å². The SMILES string of the molecule is CCCC1=C2[C@@H](CC/C(=C/c3ccccc3O)CC)OB(O)C[C@@H]2[C@@H]2C(=O)N(C)C(=O)[C@@H]2C1. The average Bonchev–Trinajstić information content (AvgIpc) is 3.01. The molecule has 0 aromatic heterocycles. The normalized spacial score (nSPS) is 27.8. The van der Waals surface area contributed by atoms with Crippen molar-refractivity contribution in [2.75, 3.05) is 7.05 Å². The van der Waals surface area contributed by atoms with Crippen LogP contribution in [0.15, 0.2) is 41.0 Å². The van der Waals surface area contributed by atoms with Crippen LogP contribution >= 0.6 is 0 Å². The first-order valence-electron chi connectivity index (χ1n) is 12.2. The number of carbonyl (C=O) groups excluding carboxylic acids is 2. The van der Waals surface area contributed by atoms with Crippen molar-refractivity contribution in [3.05, 3.63) is 46.5 Å². The van der Waals surface area contributed by atoms with Crippen molar-refractivity contribution in [1.82, 2.24) is 4.90 Å². The molecule has 0 saturated carbocycles. The van der Waals surface area contributed by atoms with Gasteiger partial charge in [-0.2, -0.15) is 0 Å². The number of allylic oxidation sites excluding steroid dienone is 2. The molecule has 4 rings (SSSR count). The number of rotatable bonds is 7. The van der Waals surface area contributed by atoms with E-state index in [-0.39, 0.29) is 41.4 Å². The highest BCUT2D eigenvalue weighted by atomic mass is 16.5. The van der Waals surface area contributed by atoms with Crippen LogP contribution in [-0.4, -0.2) is 47.1 Å². The molecule has 0 spiro atoms. The van der Waals surface area contributed by atoms with Crippen molar-refractivity contribution in [1.29, 1.82) is 0 Å². The first-order valence-corrected chi connectivity index (χ1v) is 12.2. The predicted molar refractivity (Wildman–Crippen MR) is 128 cm³/mol. The summed E-state index contributed by atoms with van der Waals surface area (Å²) in [6.45, 7) is 4.22. The summed E-state index contributed by atoms with van der Waals surface area (Å²) in [5.74, 6) is -0.795. The third-order valence-corrected chi connectivity index (χ3v) is 7.56. The van der Waals surface area contributed by atoms with E-state index in [1.165, 1.54) is 16.0 Å². The lowest BCUT2D eigenvalue weighted by Crippen LogP contribution is -2.46. The average molecular weight is 451 g/mol. The maximum atomic E-state index is 13.0. The van der Waals surface area contributed by atoms with E-state index in [9.17, 15) is 19.7 Å². The Morgan fingerprint density at radius 1 is 1.21 bits per heavy atom. The number of benzene rings is 1. The van der Waals surface area contributed by atoms with E-state index in [0.29, 0.717) is 19.2 Å². The number of imide groups is 1. The van der Waals surface area contributed by atoms with Crippen molar-refractivity contribution in [2.24, 2.45) is 17.8 Å². The number of fused-ring (bicyclic) bond motifs is 3. The van der Waals surface area contributed by atoms with Crippen molar-refractivity contribution in [2.45, 2.75) is 64.8 Å². The molecule has 7 heteroatoms. The molecule has 1 aromatic rings. The minimum absolute atomic E-state index is 0.0888. The van der Waals surface area contributed by atoms with Gasteiger partial charge in [0.15, 0.2) is 0 Å². The fourth-order valence-electron chi connectivity index (χ4n) is 5.96. The summed E-state index contributed by atoms with van der Waals surface area (Å²) in [5.41, 5.74) is 4.37. The molecule has 2 aliphatic heterocycles. The summed E-state index contributed by atoms with van der Waals surface area (Å²) in [7, 11) is 0.638. The molecule has 2 amide bonds. The van der Waals surface area contributed by atoms with Crippen molar-refractivity contribution in [3.63, 3.8) is 0 Å². The zero-order valence-electron chi connectivity index (χ0n) is 19.8. The van der Waals surface area contributed by atoms with Crippen LogP contribution in [0.3, 0.4) is 0 Å². The van der Waals surface area contributed by atoms with Crippen LogP contribution in [0.5, 0.6) is 5.75 Å². The van der Waals surface area contributed by atoms with Gasteiger partial charge in [-0.25, -0.2) is 0 Å². The molecule has 2 heterocycles. The molecule has 0 bridgehead atoms. The number of hydrogen-bond donors (Lipinski definition) is 2. The molecule has 0 unspecified atom stereocenters. The number of hydrogen-bond acceptors (Lipinski definition) is 5. The summed E-state index contributed by atoms with van der Waals surface area (Å²) < 4.78 is 6.05. The van der Waals surface area contributed by atoms with E-state index in [2.05, 4.69) is 13.8 Å². The largest absolute Gasteiger partial charge is 0.507 e. The molecule has 2 fully saturated rings. The number of phenolic OH excluding ortho intramolecular Hbond substituents is 1. The highest BCUT2D eigenvalue weighted by Crippen LogP contribution is 2.51. The Hall–Kier alpha value is -2.38. The molecule has 2 N–H and O–H groups in total. The molecular weight excluding hydrogens is 417 g/mol.